The summed E-state index contributed by atoms with van der Waals surface area (Å²) in [7, 11) is 2.87. The zero-order chi connectivity index (χ0) is 17.1. The van der Waals surface area contributed by atoms with Crippen LogP contribution in [0.5, 0.6) is 0 Å². The standard InChI is InChI=1S/C15H14ClFN4O2/c1-20-9-4-3-7(5-8(9)6-18)13-11(17)12(19)10(16)14(21-13)15(22)23-2/h3-6,18,20H,1-2H3,(H2,19,21). The first-order chi connectivity index (χ1) is 10.9. The van der Waals surface area contributed by atoms with Crippen molar-refractivity contribution < 1.29 is 13.9 Å². The molecule has 6 nitrogen and oxygen atoms in total. The van der Waals surface area contributed by atoms with Gasteiger partial charge >= 0.3 is 5.97 Å². The van der Waals surface area contributed by atoms with Gasteiger partial charge in [-0.3, -0.25) is 0 Å². The Morgan fingerprint density at radius 3 is 2.78 bits per heavy atom. The van der Waals surface area contributed by atoms with Gasteiger partial charge < -0.3 is 21.2 Å². The van der Waals surface area contributed by atoms with Gasteiger partial charge in [0.15, 0.2) is 11.5 Å². The third-order valence-corrected chi connectivity index (χ3v) is 3.62. The SMILES string of the molecule is CNc1ccc(-c2nc(C(=O)OC)c(Cl)c(N)c2F)cc1C=N. The molecule has 0 radical (unpaired) electrons. The van der Waals surface area contributed by atoms with Gasteiger partial charge in [0.1, 0.15) is 5.69 Å². The van der Waals surface area contributed by atoms with Crippen molar-refractivity contribution >= 4 is 35.2 Å². The number of carbonyl (C=O) groups excluding carboxylic acids is 1. The highest BCUT2D eigenvalue weighted by Gasteiger charge is 2.23. The number of rotatable bonds is 4. The molecule has 23 heavy (non-hydrogen) atoms. The van der Waals surface area contributed by atoms with Gasteiger partial charge in [-0.1, -0.05) is 17.7 Å². The molecule has 2 aromatic rings. The molecule has 2 rings (SSSR count). The smallest absolute Gasteiger partial charge is 0.358 e. The molecule has 120 valence electrons. The third-order valence-electron chi connectivity index (χ3n) is 3.24. The summed E-state index contributed by atoms with van der Waals surface area (Å²) in [6.45, 7) is 0. The number of hydrogen-bond acceptors (Lipinski definition) is 6. The minimum Gasteiger partial charge on any atom is -0.464 e. The fourth-order valence-corrected chi connectivity index (χ4v) is 2.24. The first kappa shape index (κ1) is 16.7. The monoisotopic (exact) mass is 336 g/mol. The van der Waals surface area contributed by atoms with Crippen LogP contribution < -0.4 is 11.1 Å². The molecule has 0 amide bonds. The van der Waals surface area contributed by atoms with Gasteiger partial charge in [-0.15, -0.1) is 0 Å². The predicted molar refractivity (Wildman–Crippen MR) is 87.8 cm³/mol. The average molecular weight is 337 g/mol. The van der Waals surface area contributed by atoms with Crippen LogP contribution in [-0.4, -0.2) is 31.3 Å². The van der Waals surface area contributed by atoms with E-state index < -0.39 is 11.8 Å². The number of carbonyl (C=O) groups is 1. The Bertz CT molecular complexity index is 796. The van der Waals surface area contributed by atoms with E-state index in [-0.39, 0.29) is 22.1 Å². The molecule has 8 heteroatoms. The highest BCUT2D eigenvalue weighted by atomic mass is 35.5. The lowest BCUT2D eigenvalue weighted by Gasteiger charge is -2.12. The van der Waals surface area contributed by atoms with E-state index in [0.29, 0.717) is 16.8 Å². The lowest BCUT2D eigenvalue weighted by Crippen LogP contribution is -2.10. The van der Waals surface area contributed by atoms with Gasteiger partial charge in [-0.2, -0.15) is 0 Å². The van der Waals surface area contributed by atoms with Gasteiger partial charge in [0, 0.05) is 30.1 Å². The number of hydrogen-bond donors (Lipinski definition) is 3. The fourth-order valence-electron chi connectivity index (χ4n) is 2.04. The summed E-state index contributed by atoms with van der Waals surface area (Å²) in [4.78, 5) is 15.7. The van der Waals surface area contributed by atoms with Crippen molar-refractivity contribution in [2.24, 2.45) is 0 Å². The summed E-state index contributed by atoms with van der Waals surface area (Å²) < 4.78 is 19.0. The van der Waals surface area contributed by atoms with E-state index in [1.165, 1.54) is 0 Å². The van der Waals surface area contributed by atoms with E-state index >= 15 is 0 Å². The number of pyridine rings is 1. The van der Waals surface area contributed by atoms with Gasteiger partial charge in [0.05, 0.1) is 17.8 Å². The second kappa shape index (κ2) is 6.62. The number of anilines is 2. The molecular formula is C15H14ClFN4O2. The van der Waals surface area contributed by atoms with E-state index in [4.69, 9.17) is 22.7 Å². The Kier molecular flexibility index (Phi) is 4.80. The van der Waals surface area contributed by atoms with Crippen molar-refractivity contribution in [2.75, 3.05) is 25.2 Å². The number of nitrogen functional groups attached to an aromatic ring is 1. The summed E-state index contributed by atoms with van der Waals surface area (Å²) in [5, 5.41) is 10.0. The lowest BCUT2D eigenvalue weighted by molar-refractivity contribution is 0.0594. The van der Waals surface area contributed by atoms with E-state index in [1.807, 2.05) is 0 Å². The number of aromatic nitrogens is 1. The zero-order valence-corrected chi connectivity index (χ0v) is 13.2. The highest BCUT2D eigenvalue weighted by Crippen LogP contribution is 2.33. The van der Waals surface area contributed by atoms with Gasteiger partial charge in [-0.25, -0.2) is 14.2 Å². The number of halogens is 2. The van der Waals surface area contributed by atoms with E-state index in [1.54, 1.807) is 25.2 Å². The first-order valence-electron chi connectivity index (χ1n) is 6.50. The Morgan fingerprint density at radius 2 is 2.22 bits per heavy atom. The molecule has 1 heterocycles. The maximum atomic E-state index is 14.4. The number of nitrogens with zero attached hydrogens (tertiary/aromatic N) is 1. The van der Waals surface area contributed by atoms with Crippen molar-refractivity contribution in [3.63, 3.8) is 0 Å². The number of benzene rings is 1. The van der Waals surface area contributed by atoms with Crippen molar-refractivity contribution in [3.05, 3.63) is 40.3 Å². The van der Waals surface area contributed by atoms with E-state index in [2.05, 4.69) is 15.0 Å². The van der Waals surface area contributed by atoms with Crippen LogP contribution in [0.15, 0.2) is 18.2 Å². The molecule has 0 fully saturated rings. The maximum Gasteiger partial charge on any atom is 0.358 e. The number of nitrogens with two attached hydrogens (primary N) is 1. The van der Waals surface area contributed by atoms with Crippen LogP contribution in [0.1, 0.15) is 16.1 Å². The third kappa shape index (κ3) is 2.95. The molecule has 1 aromatic carbocycles. The summed E-state index contributed by atoms with van der Waals surface area (Å²) in [6, 6.07) is 4.82. The Hall–Kier alpha value is -2.67. The van der Waals surface area contributed by atoms with Crippen LogP contribution in [0.4, 0.5) is 15.8 Å². The largest absolute Gasteiger partial charge is 0.464 e. The van der Waals surface area contributed by atoms with Crippen LogP contribution in [-0.2, 0) is 4.74 Å². The fraction of sp³-hybridized carbons (Fsp3) is 0.133. The first-order valence-corrected chi connectivity index (χ1v) is 6.87. The van der Waals surface area contributed by atoms with Crippen molar-refractivity contribution in [2.45, 2.75) is 0 Å². The minimum absolute atomic E-state index is 0.141. The van der Waals surface area contributed by atoms with Crippen LogP contribution in [0.3, 0.4) is 0 Å². The van der Waals surface area contributed by atoms with E-state index in [9.17, 15) is 9.18 Å². The molecular weight excluding hydrogens is 323 g/mol. The topological polar surface area (TPSA) is 101 Å². The number of ether oxygens (including phenoxy) is 1. The maximum absolute atomic E-state index is 14.4. The molecule has 0 bridgehead atoms. The van der Waals surface area contributed by atoms with Gasteiger partial charge in [-0.05, 0) is 12.1 Å². The molecule has 1 aromatic heterocycles. The summed E-state index contributed by atoms with van der Waals surface area (Å²) in [5.41, 5.74) is 6.41. The molecule has 0 aliphatic heterocycles. The normalized spacial score (nSPS) is 10.3. The Morgan fingerprint density at radius 1 is 1.52 bits per heavy atom. The van der Waals surface area contributed by atoms with Crippen molar-refractivity contribution in [1.29, 1.82) is 5.41 Å². The molecule has 0 saturated heterocycles. The Balaban J connectivity index is 2.70. The van der Waals surface area contributed by atoms with E-state index in [0.717, 1.165) is 13.3 Å². The molecule has 0 aliphatic carbocycles. The molecule has 0 saturated carbocycles. The summed E-state index contributed by atoms with van der Waals surface area (Å²) >= 11 is 5.86. The summed E-state index contributed by atoms with van der Waals surface area (Å²) in [5.74, 6) is -1.65. The quantitative estimate of drug-likeness (QED) is 0.588. The Labute approximate surface area is 136 Å². The van der Waals surface area contributed by atoms with Gasteiger partial charge in [0.25, 0.3) is 0 Å². The van der Waals surface area contributed by atoms with Crippen LogP contribution >= 0.6 is 11.6 Å². The molecule has 0 unspecified atom stereocenters. The van der Waals surface area contributed by atoms with Crippen LogP contribution in [0, 0.1) is 11.2 Å². The highest BCUT2D eigenvalue weighted by molar-refractivity contribution is 6.35. The number of nitrogens with one attached hydrogen (secondary N) is 2. The minimum atomic E-state index is -0.837. The average Bonchev–Trinajstić information content (AvgIpc) is 2.58. The van der Waals surface area contributed by atoms with Crippen LogP contribution in [0.25, 0.3) is 11.3 Å². The predicted octanol–water partition coefficient (Wildman–Crippen LogP) is 2.95. The van der Waals surface area contributed by atoms with Gasteiger partial charge in [0.2, 0.25) is 0 Å². The second-order valence-corrected chi connectivity index (χ2v) is 4.92. The van der Waals surface area contributed by atoms with Crippen molar-refractivity contribution in [3.8, 4) is 11.3 Å². The summed E-state index contributed by atoms with van der Waals surface area (Å²) in [6.07, 6.45) is 1.12. The molecule has 0 spiro atoms. The number of esters is 1. The zero-order valence-electron chi connectivity index (χ0n) is 12.4. The second-order valence-electron chi connectivity index (χ2n) is 4.54. The molecule has 4 N–H and O–H groups in total. The van der Waals surface area contributed by atoms with Crippen molar-refractivity contribution in [1.82, 2.24) is 4.98 Å². The molecule has 0 aliphatic rings. The van der Waals surface area contributed by atoms with Crippen LogP contribution in [0.2, 0.25) is 5.02 Å². The lowest BCUT2D eigenvalue weighted by atomic mass is 10.0. The number of methoxy groups -OCH3 is 1. The molecule has 0 atom stereocenters.